The summed E-state index contributed by atoms with van der Waals surface area (Å²) in [5.74, 6) is 0.554. The third-order valence-electron chi connectivity index (χ3n) is 5.50. The van der Waals surface area contributed by atoms with E-state index in [1.54, 1.807) is 0 Å². The van der Waals surface area contributed by atoms with Gasteiger partial charge in [-0.2, -0.15) is 0 Å². The number of aryl methyl sites for hydroxylation is 1. The lowest BCUT2D eigenvalue weighted by molar-refractivity contribution is -0.135. The van der Waals surface area contributed by atoms with Crippen LogP contribution < -0.4 is 11.1 Å². The van der Waals surface area contributed by atoms with Crippen molar-refractivity contribution in [1.29, 1.82) is 0 Å². The van der Waals surface area contributed by atoms with E-state index in [0.29, 0.717) is 25.3 Å². The first-order chi connectivity index (χ1) is 12.1. The molecule has 1 saturated carbocycles. The SMILES string of the molecule is Cl.Nc1ccccc1CCC(=O)NC1CCN(C(=O)C2CCCCC2)C1. The summed E-state index contributed by atoms with van der Waals surface area (Å²) in [4.78, 5) is 26.7. The van der Waals surface area contributed by atoms with E-state index in [1.807, 2.05) is 29.2 Å². The zero-order valence-electron chi connectivity index (χ0n) is 15.3. The van der Waals surface area contributed by atoms with Crippen molar-refractivity contribution in [2.24, 2.45) is 5.92 Å². The molecule has 26 heavy (non-hydrogen) atoms. The smallest absolute Gasteiger partial charge is 0.225 e. The molecule has 6 heteroatoms. The number of likely N-dealkylation sites (tertiary alicyclic amines) is 1. The number of carbonyl (C=O) groups is 2. The van der Waals surface area contributed by atoms with Crippen molar-refractivity contribution in [2.75, 3.05) is 18.8 Å². The van der Waals surface area contributed by atoms with Gasteiger partial charge < -0.3 is 16.0 Å². The quantitative estimate of drug-likeness (QED) is 0.772. The highest BCUT2D eigenvalue weighted by molar-refractivity contribution is 5.85. The number of benzene rings is 1. The van der Waals surface area contributed by atoms with Crippen LogP contribution in [0.15, 0.2) is 24.3 Å². The Kier molecular flexibility index (Phi) is 7.76. The number of nitrogens with two attached hydrogens (primary N) is 1. The summed E-state index contributed by atoms with van der Waals surface area (Å²) in [5, 5.41) is 3.08. The molecule has 5 nitrogen and oxygen atoms in total. The number of anilines is 1. The summed E-state index contributed by atoms with van der Waals surface area (Å²) in [6, 6.07) is 7.75. The van der Waals surface area contributed by atoms with Crippen LogP contribution in [0.3, 0.4) is 0 Å². The fraction of sp³-hybridized carbons (Fsp3) is 0.600. The molecule has 2 aliphatic rings. The van der Waals surface area contributed by atoms with Crippen molar-refractivity contribution in [2.45, 2.75) is 57.4 Å². The Morgan fingerprint density at radius 2 is 1.85 bits per heavy atom. The zero-order chi connectivity index (χ0) is 17.6. The minimum atomic E-state index is 0. The van der Waals surface area contributed by atoms with Gasteiger partial charge in [-0.3, -0.25) is 9.59 Å². The highest BCUT2D eigenvalue weighted by Gasteiger charge is 2.31. The maximum atomic E-state index is 12.6. The minimum absolute atomic E-state index is 0. The number of hydrogen-bond acceptors (Lipinski definition) is 3. The van der Waals surface area contributed by atoms with Crippen LogP contribution in [0.5, 0.6) is 0 Å². The standard InChI is InChI=1S/C20H29N3O2.ClH/c21-18-9-5-4-6-15(18)10-11-19(24)22-17-12-13-23(14-17)20(25)16-7-2-1-3-8-16;/h4-6,9,16-17H,1-3,7-8,10-14,21H2,(H,22,24);1H. The molecule has 0 bridgehead atoms. The molecule has 3 N–H and O–H groups in total. The molecule has 1 unspecified atom stereocenters. The number of nitrogen functional groups attached to an aromatic ring is 1. The Bertz CT molecular complexity index is 617. The van der Waals surface area contributed by atoms with Crippen LogP contribution in [-0.4, -0.2) is 35.8 Å². The summed E-state index contributed by atoms with van der Waals surface area (Å²) >= 11 is 0. The summed E-state index contributed by atoms with van der Waals surface area (Å²) in [6.45, 7) is 1.43. The Hall–Kier alpha value is -1.75. The molecule has 1 saturated heterocycles. The topological polar surface area (TPSA) is 75.4 Å². The number of halogens is 1. The lowest BCUT2D eigenvalue weighted by atomic mass is 9.88. The number of nitrogens with zero attached hydrogens (tertiary/aromatic N) is 1. The molecular formula is C20H30ClN3O2. The Morgan fingerprint density at radius 3 is 2.58 bits per heavy atom. The second kappa shape index (κ2) is 9.81. The summed E-state index contributed by atoms with van der Waals surface area (Å²) < 4.78 is 0. The molecule has 1 aliphatic heterocycles. The predicted octanol–water partition coefficient (Wildman–Crippen LogP) is 2.92. The predicted molar refractivity (Wildman–Crippen MR) is 106 cm³/mol. The van der Waals surface area contributed by atoms with Gasteiger partial charge in [0.05, 0.1) is 0 Å². The first-order valence-corrected chi connectivity index (χ1v) is 9.55. The number of amides is 2. The fourth-order valence-electron chi connectivity index (χ4n) is 4.00. The van der Waals surface area contributed by atoms with Gasteiger partial charge in [0, 0.05) is 37.2 Å². The number of rotatable bonds is 5. The average Bonchev–Trinajstić information content (AvgIpc) is 3.09. The highest BCUT2D eigenvalue weighted by Crippen LogP contribution is 2.26. The van der Waals surface area contributed by atoms with Crippen molar-refractivity contribution in [3.05, 3.63) is 29.8 Å². The van der Waals surface area contributed by atoms with Crippen molar-refractivity contribution in [3.8, 4) is 0 Å². The molecule has 0 aromatic heterocycles. The van der Waals surface area contributed by atoms with Gasteiger partial charge in [-0.15, -0.1) is 12.4 Å². The third kappa shape index (κ3) is 5.37. The molecule has 1 aromatic carbocycles. The van der Waals surface area contributed by atoms with Gasteiger partial charge in [0.15, 0.2) is 0 Å². The zero-order valence-corrected chi connectivity index (χ0v) is 16.1. The molecule has 1 aromatic rings. The van der Waals surface area contributed by atoms with Crippen LogP contribution in [0, 0.1) is 5.92 Å². The van der Waals surface area contributed by atoms with Gasteiger partial charge in [-0.25, -0.2) is 0 Å². The van der Waals surface area contributed by atoms with E-state index in [9.17, 15) is 9.59 Å². The van der Waals surface area contributed by atoms with Crippen molar-refractivity contribution >= 4 is 29.9 Å². The molecule has 3 rings (SSSR count). The Labute approximate surface area is 162 Å². The molecule has 0 spiro atoms. The first kappa shape index (κ1) is 20.6. The van der Waals surface area contributed by atoms with E-state index in [2.05, 4.69) is 5.32 Å². The van der Waals surface area contributed by atoms with Crippen LogP contribution in [-0.2, 0) is 16.0 Å². The second-order valence-corrected chi connectivity index (χ2v) is 7.37. The summed E-state index contributed by atoms with van der Waals surface area (Å²) in [7, 11) is 0. The third-order valence-corrected chi connectivity index (χ3v) is 5.50. The molecule has 1 heterocycles. The van der Waals surface area contributed by atoms with E-state index in [0.717, 1.165) is 37.1 Å². The van der Waals surface area contributed by atoms with Crippen LogP contribution in [0.25, 0.3) is 0 Å². The van der Waals surface area contributed by atoms with Crippen molar-refractivity contribution in [1.82, 2.24) is 10.2 Å². The first-order valence-electron chi connectivity index (χ1n) is 9.55. The number of carbonyl (C=O) groups excluding carboxylic acids is 2. The van der Waals surface area contributed by atoms with Gasteiger partial charge >= 0.3 is 0 Å². The second-order valence-electron chi connectivity index (χ2n) is 7.37. The van der Waals surface area contributed by atoms with Crippen LogP contribution >= 0.6 is 12.4 Å². The normalized spacial score (nSPS) is 20.5. The van der Waals surface area contributed by atoms with Gasteiger partial charge in [-0.1, -0.05) is 37.5 Å². The van der Waals surface area contributed by atoms with Crippen molar-refractivity contribution in [3.63, 3.8) is 0 Å². The van der Waals surface area contributed by atoms with E-state index in [1.165, 1.54) is 19.3 Å². The summed E-state index contributed by atoms with van der Waals surface area (Å²) in [6.07, 6.45) is 7.61. The monoisotopic (exact) mass is 379 g/mol. The molecule has 144 valence electrons. The van der Waals surface area contributed by atoms with Gasteiger partial charge in [0.2, 0.25) is 11.8 Å². The molecule has 0 radical (unpaired) electrons. The maximum Gasteiger partial charge on any atom is 0.225 e. The van der Waals surface area contributed by atoms with Crippen LogP contribution in [0.4, 0.5) is 5.69 Å². The average molecular weight is 380 g/mol. The lowest BCUT2D eigenvalue weighted by Crippen LogP contribution is -2.40. The molecule has 2 fully saturated rings. The van der Waals surface area contributed by atoms with E-state index in [-0.39, 0.29) is 30.3 Å². The highest BCUT2D eigenvalue weighted by atomic mass is 35.5. The van der Waals surface area contributed by atoms with E-state index >= 15 is 0 Å². The number of hydrogen-bond donors (Lipinski definition) is 2. The van der Waals surface area contributed by atoms with E-state index in [4.69, 9.17) is 5.73 Å². The van der Waals surface area contributed by atoms with E-state index < -0.39 is 0 Å². The molecule has 1 atom stereocenters. The summed E-state index contributed by atoms with van der Waals surface area (Å²) in [5.41, 5.74) is 7.67. The number of nitrogens with one attached hydrogen (secondary N) is 1. The lowest BCUT2D eigenvalue weighted by Gasteiger charge is -2.26. The largest absolute Gasteiger partial charge is 0.399 e. The number of para-hydroxylation sites is 1. The molecule has 1 aliphatic carbocycles. The van der Waals surface area contributed by atoms with Gasteiger partial charge in [0.25, 0.3) is 0 Å². The van der Waals surface area contributed by atoms with Crippen LogP contribution in [0.2, 0.25) is 0 Å². The molecule has 2 amide bonds. The van der Waals surface area contributed by atoms with Gasteiger partial charge in [0.1, 0.15) is 0 Å². The van der Waals surface area contributed by atoms with Crippen LogP contribution in [0.1, 0.15) is 50.5 Å². The molecular weight excluding hydrogens is 350 g/mol. The fourth-order valence-corrected chi connectivity index (χ4v) is 4.00. The maximum absolute atomic E-state index is 12.6. The van der Waals surface area contributed by atoms with Gasteiger partial charge in [-0.05, 0) is 37.3 Å². The Balaban J connectivity index is 0.00000243. The Morgan fingerprint density at radius 1 is 1.12 bits per heavy atom. The minimum Gasteiger partial charge on any atom is -0.399 e. The van der Waals surface area contributed by atoms with Crippen molar-refractivity contribution < 1.29 is 9.59 Å².